The molecule has 1 aliphatic heterocycles. The van der Waals surface area contributed by atoms with Crippen molar-refractivity contribution in [3.63, 3.8) is 0 Å². The van der Waals surface area contributed by atoms with Crippen LogP contribution in [-0.4, -0.2) is 25.1 Å². The van der Waals surface area contributed by atoms with Crippen molar-refractivity contribution >= 4 is 0 Å². The van der Waals surface area contributed by atoms with Crippen molar-refractivity contribution in [2.24, 2.45) is 0 Å². The van der Waals surface area contributed by atoms with E-state index in [0.717, 1.165) is 5.75 Å². The van der Waals surface area contributed by atoms with Crippen LogP contribution in [0.4, 0.5) is 0 Å². The number of rotatable bonds is 16. The summed E-state index contributed by atoms with van der Waals surface area (Å²) >= 11 is 0. The fraction of sp³-hybridized carbons (Fsp3) is 0.769. The minimum absolute atomic E-state index is 0.0192. The Hall–Kier alpha value is -1.06. The zero-order valence-corrected chi connectivity index (χ0v) is 19.2. The highest BCUT2D eigenvalue weighted by Gasteiger charge is 2.32. The van der Waals surface area contributed by atoms with Gasteiger partial charge in [-0.05, 0) is 44.4 Å². The Labute approximate surface area is 179 Å². The second-order valence-electron chi connectivity index (χ2n) is 9.04. The SMILES string of the molecule is CCCCCCCCCCCCCCc1ccc(OCC2COC(C)(C)O2)cc1. The summed E-state index contributed by atoms with van der Waals surface area (Å²) in [6, 6.07) is 8.56. The number of hydrogen-bond acceptors (Lipinski definition) is 3. The number of aryl methyl sites for hydroxylation is 1. The highest BCUT2D eigenvalue weighted by atomic mass is 16.7. The maximum atomic E-state index is 5.85. The maximum Gasteiger partial charge on any atom is 0.163 e. The van der Waals surface area contributed by atoms with E-state index in [4.69, 9.17) is 14.2 Å². The van der Waals surface area contributed by atoms with Crippen LogP contribution in [0, 0.1) is 0 Å². The Morgan fingerprint density at radius 3 is 1.90 bits per heavy atom. The first-order chi connectivity index (χ1) is 14.1. The van der Waals surface area contributed by atoms with Gasteiger partial charge in [-0.3, -0.25) is 0 Å². The van der Waals surface area contributed by atoms with Crippen molar-refractivity contribution in [1.29, 1.82) is 0 Å². The number of ether oxygens (including phenoxy) is 3. The number of hydrogen-bond donors (Lipinski definition) is 0. The van der Waals surface area contributed by atoms with Crippen LogP contribution >= 0.6 is 0 Å². The van der Waals surface area contributed by atoms with Gasteiger partial charge in [-0.25, -0.2) is 0 Å². The maximum absolute atomic E-state index is 5.85. The highest BCUT2D eigenvalue weighted by Crippen LogP contribution is 2.23. The molecule has 0 bridgehead atoms. The van der Waals surface area contributed by atoms with Gasteiger partial charge in [-0.2, -0.15) is 0 Å². The molecular weight excluding hydrogens is 360 g/mol. The molecule has 0 aliphatic carbocycles. The fourth-order valence-corrected chi connectivity index (χ4v) is 3.96. The van der Waals surface area contributed by atoms with Crippen LogP contribution in [0.3, 0.4) is 0 Å². The Morgan fingerprint density at radius 2 is 1.38 bits per heavy atom. The predicted molar refractivity (Wildman–Crippen MR) is 122 cm³/mol. The van der Waals surface area contributed by atoms with Crippen LogP contribution in [0.25, 0.3) is 0 Å². The molecule has 1 aliphatic rings. The molecule has 0 spiro atoms. The topological polar surface area (TPSA) is 27.7 Å². The molecule has 1 unspecified atom stereocenters. The van der Waals surface area contributed by atoms with Gasteiger partial charge in [0, 0.05) is 0 Å². The molecule has 0 aromatic heterocycles. The van der Waals surface area contributed by atoms with Gasteiger partial charge >= 0.3 is 0 Å². The quantitative estimate of drug-likeness (QED) is 0.268. The first-order valence-corrected chi connectivity index (χ1v) is 12.1. The van der Waals surface area contributed by atoms with E-state index in [2.05, 4.69) is 31.2 Å². The summed E-state index contributed by atoms with van der Waals surface area (Å²) in [5.74, 6) is 0.434. The summed E-state index contributed by atoms with van der Waals surface area (Å²) in [6.07, 6.45) is 18.0. The van der Waals surface area contributed by atoms with Crippen molar-refractivity contribution in [2.45, 2.75) is 116 Å². The lowest BCUT2D eigenvalue weighted by atomic mass is 10.0. The molecule has 166 valence electrons. The van der Waals surface area contributed by atoms with Crippen LogP contribution in [0.5, 0.6) is 5.75 Å². The molecule has 3 nitrogen and oxygen atoms in total. The van der Waals surface area contributed by atoms with E-state index in [-0.39, 0.29) is 6.10 Å². The number of benzene rings is 1. The van der Waals surface area contributed by atoms with Crippen molar-refractivity contribution in [3.05, 3.63) is 29.8 Å². The standard InChI is InChI=1S/C26H44O3/c1-4-5-6-7-8-9-10-11-12-13-14-15-16-23-17-19-24(20-18-23)27-21-25-22-28-26(2,3)29-25/h17-20,25H,4-16,21-22H2,1-3H3. The summed E-state index contributed by atoms with van der Waals surface area (Å²) in [7, 11) is 0. The first kappa shape index (κ1) is 24.2. The molecule has 1 fully saturated rings. The van der Waals surface area contributed by atoms with Crippen molar-refractivity contribution in [2.75, 3.05) is 13.2 Å². The second-order valence-corrected chi connectivity index (χ2v) is 9.04. The van der Waals surface area contributed by atoms with Gasteiger partial charge in [0.2, 0.25) is 0 Å². The Balaban J connectivity index is 1.44. The van der Waals surface area contributed by atoms with Crippen molar-refractivity contribution < 1.29 is 14.2 Å². The van der Waals surface area contributed by atoms with Gasteiger partial charge < -0.3 is 14.2 Å². The monoisotopic (exact) mass is 404 g/mol. The molecule has 1 atom stereocenters. The van der Waals surface area contributed by atoms with Crippen LogP contribution in [-0.2, 0) is 15.9 Å². The summed E-state index contributed by atoms with van der Waals surface area (Å²) in [5, 5.41) is 0. The van der Waals surface area contributed by atoms with Crippen LogP contribution in [0.1, 0.15) is 103 Å². The molecule has 0 amide bonds. The van der Waals surface area contributed by atoms with E-state index in [1.807, 2.05) is 13.8 Å². The van der Waals surface area contributed by atoms with Crippen molar-refractivity contribution in [1.82, 2.24) is 0 Å². The molecule has 3 heteroatoms. The molecule has 0 saturated carbocycles. The van der Waals surface area contributed by atoms with Crippen LogP contribution < -0.4 is 4.74 Å². The molecule has 1 aromatic rings. The largest absolute Gasteiger partial charge is 0.491 e. The Bertz CT molecular complexity index is 523. The van der Waals surface area contributed by atoms with E-state index in [9.17, 15) is 0 Å². The van der Waals surface area contributed by atoms with Gasteiger partial charge in [0.1, 0.15) is 18.5 Å². The molecule has 0 N–H and O–H groups in total. The van der Waals surface area contributed by atoms with E-state index in [0.29, 0.717) is 13.2 Å². The molecule has 2 rings (SSSR count). The van der Waals surface area contributed by atoms with Gasteiger partial charge in [-0.15, -0.1) is 0 Å². The molecule has 29 heavy (non-hydrogen) atoms. The zero-order chi connectivity index (χ0) is 20.8. The van der Waals surface area contributed by atoms with Crippen LogP contribution in [0.2, 0.25) is 0 Å². The van der Waals surface area contributed by atoms with Gasteiger partial charge in [-0.1, -0.05) is 89.7 Å². The molecular formula is C26H44O3. The molecule has 1 saturated heterocycles. The highest BCUT2D eigenvalue weighted by molar-refractivity contribution is 5.27. The van der Waals surface area contributed by atoms with Crippen LogP contribution in [0.15, 0.2) is 24.3 Å². The number of unbranched alkanes of at least 4 members (excludes halogenated alkanes) is 11. The van der Waals surface area contributed by atoms with Gasteiger partial charge in [0.05, 0.1) is 6.61 Å². The summed E-state index contributed by atoms with van der Waals surface area (Å²) in [4.78, 5) is 0. The summed E-state index contributed by atoms with van der Waals surface area (Å²) in [5.41, 5.74) is 1.41. The third-order valence-electron chi connectivity index (χ3n) is 5.75. The fourth-order valence-electron chi connectivity index (χ4n) is 3.96. The molecule has 1 aromatic carbocycles. The smallest absolute Gasteiger partial charge is 0.163 e. The lowest BCUT2D eigenvalue weighted by Crippen LogP contribution is -2.25. The Kier molecular flexibility index (Phi) is 11.7. The average Bonchev–Trinajstić information content (AvgIpc) is 3.07. The zero-order valence-electron chi connectivity index (χ0n) is 19.2. The third-order valence-corrected chi connectivity index (χ3v) is 5.75. The molecule has 0 radical (unpaired) electrons. The molecule has 1 heterocycles. The minimum atomic E-state index is -0.480. The second kappa shape index (κ2) is 14.0. The van der Waals surface area contributed by atoms with E-state index in [1.54, 1.807) is 0 Å². The van der Waals surface area contributed by atoms with Crippen molar-refractivity contribution in [3.8, 4) is 5.75 Å². The lowest BCUT2D eigenvalue weighted by molar-refractivity contribution is -0.141. The summed E-state index contributed by atoms with van der Waals surface area (Å²) in [6.45, 7) is 7.31. The normalized spacial score (nSPS) is 18.2. The van der Waals surface area contributed by atoms with Gasteiger partial charge in [0.15, 0.2) is 5.79 Å². The summed E-state index contributed by atoms with van der Waals surface area (Å²) < 4.78 is 17.2. The van der Waals surface area contributed by atoms with E-state index >= 15 is 0 Å². The first-order valence-electron chi connectivity index (χ1n) is 12.1. The Morgan fingerprint density at radius 1 is 0.828 bits per heavy atom. The lowest BCUT2D eigenvalue weighted by Gasteiger charge is -2.17. The minimum Gasteiger partial charge on any atom is -0.491 e. The van der Waals surface area contributed by atoms with E-state index in [1.165, 1.54) is 89.0 Å². The predicted octanol–water partition coefficient (Wildman–Crippen LogP) is 7.46. The third kappa shape index (κ3) is 11.1. The van der Waals surface area contributed by atoms with Gasteiger partial charge in [0.25, 0.3) is 0 Å². The van der Waals surface area contributed by atoms with E-state index < -0.39 is 5.79 Å². The average molecular weight is 405 g/mol.